The van der Waals surface area contributed by atoms with E-state index in [1.807, 2.05) is 0 Å². The first kappa shape index (κ1) is 16.6. The molecule has 0 heterocycles. The Labute approximate surface area is 121 Å². The standard InChI is InChI=1S/C16H25FN2O/c1-12(2)8-14(10-18)9-16(20)19(3)11-13-4-6-15(17)7-5-13/h4-7,12,14H,8-11,18H2,1-3H3/t14-/m0/s1. The maximum absolute atomic E-state index is 12.8. The summed E-state index contributed by atoms with van der Waals surface area (Å²) in [5.74, 6) is 0.602. The number of carbonyl (C=O) groups is 1. The highest BCUT2D eigenvalue weighted by Gasteiger charge is 2.17. The lowest BCUT2D eigenvalue weighted by Gasteiger charge is -2.22. The average molecular weight is 280 g/mol. The van der Waals surface area contributed by atoms with Crippen LogP contribution in [0.3, 0.4) is 0 Å². The molecular weight excluding hydrogens is 255 g/mol. The fourth-order valence-electron chi connectivity index (χ4n) is 2.28. The largest absolute Gasteiger partial charge is 0.341 e. The Hall–Kier alpha value is -1.42. The van der Waals surface area contributed by atoms with Crippen molar-refractivity contribution in [2.24, 2.45) is 17.6 Å². The number of hydrogen-bond donors (Lipinski definition) is 1. The second-order valence-corrected chi connectivity index (χ2v) is 5.81. The summed E-state index contributed by atoms with van der Waals surface area (Å²) in [4.78, 5) is 13.8. The first-order valence-electron chi connectivity index (χ1n) is 7.10. The topological polar surface area (TPSA) is 46.3 Å². The molecule has 0 aliphatic carbocycles. The van der Waals surface area contributed by atoms with Crippen LogP contribution in [0.1, 0.15) is 32.3 Å². The van der Waals surface area contributed by atoms with Crippen LogP contribution in [0.2, 0.25) is 0 Å². The minimum Gasteiger partial charge on any atom is -0.341 e. The Balaban J connectivity index is 2.51. The van der Waals surface area contributed by atoms with Gasteiger partial charge in [-0.05, 0) is 42.5 Å². The van der Waals surface area contributed by atoms with E-state index in [2.05, 4.69) is 13.8 Å². The molecule has 1 aromatic rings. The first-order chi connectivity index (χ1) is 9.42. The Morgan fingerprint density at radius 1 is 1.30 bits per heavy atom. The minimum absolute atomic E-state index is 0.0884. The highest BCUT2D eigenvalue weighted by molar-refractivity contribution is 5.76. The highest BCUT2D eigenvalue weighted by Crippen LogP contribution is 2.16. The van der Waals surface area contributed by atoms with Crippen molar-refractivity contribution in [2.75, 3.05) is 13.6 Å². The number of hydrogen-bond acceptors (Lipinski definition) is 2. The predicted octanol–water partition coefficient (Wildman–Crippen LogP) is 2.80. The molecule has 0 fully saturated rings. The number of nitrogens with two attached hydrogens (primary N) is 1. The Bertz CT molecular complexity index is 417. The summed E-state index contributed by atoms with van der Waals surface area (Å²) < 4.78 is 12.8. The van der Waals surface area contributed by atoms with Crippen molar-refractivity contribution in [1.29, 1.82) is 0 Å². The molecule has 1 amide bonds. The molecule has 1 atom stereocenters. The quantitative estimate of drug-likeness (QED) is 0.835. The summed E-state index contributed by atoms with van der Waals surface area (Å²) >= 11 is 0. The maximum atomic E-state index is 12.8. The summed E-state index contributed by atoms with van der Waals surface area (Å²) in [5.41, 5.74) is 6.65. The Morgan fingerprint density at radius 3 is 2.40 bits per heavy atom. The molecule has 0 saturated heterocycles. The summed E-state index contributed by atoms with van der Waals surface area (Å²) in [6.45, 7) is 5.30. The molecule has 4 heteroatoms. The second kappa shape index (κ2) is 8.00. The summed E-state index contributed by atoms with van der Waals surface area (Å²) in [6.07, 6.45) is 1.44. The van der Waals surface area contributed by atoms with Gasteiger partial charge in [0.25, 0.3) is 0 Å². The molecule has 0 spiro atoms. The van der Waals surface area contributed by atoms with Gasteiger partial charge in [0, 0.05) is 20.0 Å². The zero-order chi connectivity index (χ0) is 15.1. The molecule has 0 saturated carbocycles. The van der Waals surface area contributed by atoms with Gasteiger partial charge in [0.2, 0.25) is 5.91 Å². The molecule has 3 nitrogen and oxygen atoms in total. The van der Waals surface area contributed by atoms with Gasteiger partial charge in [0.1, 0.15) is 5.82 Å². The van der Waals surface area contributed by atoms with Gasteiger partial charge < -0.3 is 10.6 Å². The fourth-order valence-corrected chi connectivity index (χ4v) is 2.28. The molecule has 20 heavy (non-hydrogen) atoms. The zero-order valence-corrected chi connectivity index (χ0v) is 12.6. The van der Waals surface area contributed by atoms with E-state index in [0.29, 0.717) is 25.4 Å². The van der Waals surface area contributed by atoms with Gasteiger partial charge >= 0.3 is 0 Å². The van der Waals surface area contributed by atoms with Gasteiger partial charge in [0.05, 0.1) is 0 Å². The normalized spacial score (nSPS) is 12.5. The summed E-state index contributed by atoms with van der Waals surface area (Å²) in [6, 6.07) is 6.23. The number of benzene rings is 1. The van der Waals surface area contributed by atoms with Crippen LogP contribution in [-0.4, -0.2) is 24.4 Å². The van der Waals surface area contributed by atoms with Crippen molar-refractivity contribution in [1.82, 2.24) is 4.90 Å². The molecular formula is C16H25FN2O. The molecule has 112 valence electrons. The van der Waals surface area contributed by atoms with Crippen LogP contribution < -0.4 is 5.73 Å². The lowest BCUT2D eigenvalue weighted by molar-refractivity contribution is -0.131. The van der Waals surface area contributed by atoms with Gasteiger partial charge in [-0.1, -0.05) is 26.0 Å². The SMILES string of the molecule is CC(C)C[C@H](CN)CC(=O)N(C)Cc1ccc(F)cc1. The summed E-state index contributed by atoms with van der Waals surface area (Å²) in [7, 11) is 1.77. The third-order valence-electron chi connectivity index (χ3n) is 3.36. The second-order valence-electron chi connectivity index (χ2n) is 5.81. The summed E-state index contributed by atoms with van der Waals surface area (Å²) in [5, 5.41) is 0. The molecule has 1 aromatic carbocycles. The van der Waals surface area contributed by atoms with Crippen molar-refractivity contribution in [3.8, 4) is 0 Å². The van der Waals surface area contributed by atoms with Gasteiger partial charge in [-0.25, -0.2) is 4.39 Å². The monoisotopic (exact) mass is 280 g/mol. The lowest BCUT2D eigenvalue weighted by Crippen LogP contribution is -2.30. The van der Waals surface area contributed by atoms with Crippen molar-refractivity contribution in [3.05, 3.63) is 35.6 Å². The fraction of sp³-hybridized carbons (Fsp3) is 0.562. The number of amides is 1. The van der Waals surface area contributed by atoms with E-state index < -0.39 is 0 Å². The van der Waals surface area contributed by atoms with Gasteiger partial charge in [-0.2, -0.15) is 0 Å². The Kier molecular flexibility index (Phi) is 6.65. The smallest absolute Gasteiger partial charge is 0.222 e. The number of carbonyl (C=O) groups excluding carboxylic acids is 1. The molecule has 0 aromatic heterocycles. The third-order valence-corrected chi connectivity index (χ3v) is 3.36. The van der Waals surface area contributed by atoms with Crippen molar-refractivity contribution in [2.45, 2.75) is 33.2 Å². The van der Waals surface area contributed by atoms with Crippen LogP contribution >= 0.6 is 0 Å². The number of halogens is 1. The van der Waals surface area contributed by atoms with E-state index in [0.717, 1.165) is 12.0 Å². The molecule has 0 bridgehead atoms. The van der Waals surface area contributed by atoms with Crippen LogP contribution in [0.4, 0.5) is 4.39 Å². The van der Waals surface area contributed by atoms with E-state index >= 15 is 0 Å². The highest BCUT2D eigenvalue weighted by atomic mass is 19.1. The van der Waals surface area contributed by atoms with Crippen molar-refractivity contribution >= 4 is 5.91 Å². The van der Waals surface area contributed by atoms with Crippen molar-refractivity contribution < 1.29 is 9.18 Å². The van der Waals surface area contributed by atoms with Crippen LogP contribution in [0.15, 0.2) is 24.3 Å². The number of nitrogens with zero attached hydrogens (tertiary/aromatic N) is 1. The third kappa shape index (κ3) is 5.70. The van der Waals surface area contributed by atoms with E-state index in [4.69, 9.17) is 5.73 Å². The van der Waals surface area contributed by atoms with Gasteiger partial charge in [0.15, 0.2) is 0 Å². The Morgan fingerprint density at radius 2 is 1.90 bits per heavy atom. The van der Waals surface area contributed by atoms with Gasteiger partial charge in [-0.15, -0.1) is 0 Å². The zero-order valence-electron chi connectivity index (χ0n) is 12.6. The molecule has 0 aliphatic heterocycles. The maximum Gasteiger partial charge on any atom is 0.222 e. The van der Waals surface area contributed by atoms with E-state index in [1.54, 1.807) is 24.1 Å². The molecule has 1 rings (SSSR count). The molecule has 2 N–H and O–H groups in total. The van der Waals surface area contributed by atoms with Crippen LogP contribution in [0.5, 0.6) is 0 Å². The molecule has 0 unspecified atom stereocenters. The predicted molar refractivity (Wildman–Crippen MR) is 79.5 cm³/mol. The van der Waals surface area contributed by atoms with E-state index in [-0.39, 0.29) is 17.6 Å². The molecule has 0 aliphatic rings. The van der Waals surface area contributed by atoms with E-state index in [1.165, 1.54) is 12.1 Å². The first-order valence-corrected chi connectivity index (χ1v) is 7.10. The van der Waals surface area contributed by atoms with Crippen LogP contribution in [0, 0.1) is 17.7 Å². The van der Waals surface area contributed by atoms with Crippen molar-refractivity contribution in [3.63, 3.8) is 0 Å². The minimum atomic E-state index is -0.261. The average Bonchev–Trinajstić information content (AvgIpc) is 2.39. The van der Waals surface area contributed by atoms with Gasteiger partial charge in [-0.3, -0.25) is 4.79 Å². The van der Waals surface area contributed by atoms with Crippen LogP contribution in [0.25, 0.3) is 0 Å². The van der Waals surface area contributed by atoms with Crippen LogP contribution in [-0.2, 0) is 11.3 Å². The van der Waals surface area contributed by atoms with E-state index in [9.17, 15) is 9.18 Å². The molecule has 0 radical (unpaired) electrons. The number of rotatable bonds is 7. The lowest BCUT2D eigenvalue weighted by atomic mass is 9.94.